The van der Waals surface area contributed by atoms with Gasteiger partial charge in [-0.25, -0.2) is 10.8 Å². The van der Waals surface area contributed by atoms with Crippen LogP contribution in [0.1, 0.15) is 25.7 Å². The fourth-order valence-corrected chi connectivity index (χ4v) is 2.61. The first kappa shape index (κ1) is 11.6. The molecule has 1 aromatic heterocycles. The third-order valence-electron chi connectivity index (χ3n) is 3.06. The zero-order valence-corrected chi connectivity index (χ0v) is 10.9. The Labute approximate surface area is 104 Å². The maximum atomic E-state index is 5.31. The predicted molar refractivity (Wildman–Crippen MR) is 68.2 cm³/mol. The molecule has 1 saturated carbocycles. The molecule has 0 unspecified atom stereocenters. The van der Waals surface area contributed by atoms with Gasteiger partial charge in [0, 0.05) is 19.3 Å². The van der Waals surface area contributed by atoms with Gasteiger partial charge in [-0.3, -0.25) is 5.43 Å². The Balaban J connectivity index is 2.23. The molecular weight excluding hydrogens is 270 g/mol. The topological polar surface area (TPSA) is 67.1 Å². The normalized spacial score (nSPS) is 16.4. The van der Waals surface area contributed by atoms with Crippen molar-refractivity contribution in [1.29, 1.82) is 0 Å². The monoisotopic (exact) mass is 285 g/mol. The van der Waals surface area contributed by atoms with Crippen molar-refractivity contribution in [2.24, 2.45) is 5.84 Å². The molecule has 6 heteroatoms. The highest BCUT2D eigenvalue weighted by Gasteiger charge is 2.22. The van der Waals surface area contributed by atoms with Crippen LogP contribution in [0.5, 0.6) is 0 Å². The van der Waals surface area contributed by atoms with Gasteiger partial charge in [-0.2, -0.15) is 4.98 Å². The molecule has 1 aliphatic carbocycles. The lowest BCUT2D eigenvalue weighted by Gasteiger charge is -2.26. The van der Waals surface area contributed by atoms with Crippen LogP contribution in [0.25, 0.3) is 0 Å². The van der Waals surface area contributed by atoms with Gasteiger partial charge in [-0.05, 0) is 28.8 Å². The van der Waals surface area contributed by atoms with Gasteiger partial charge in [0.05, 0.1) is 4.47 Å². The number of nitrogen functional groups attached to an aromatic ring is 1. The summed E-state index contributed by atoms with van der Waals surface area (Å²) >= 11 is 3.47. The summed E-state index contributed by atoms with van der Waals surface area (Å²) in [5, 5.41) is 0. The summed E-state index contributed by atoms with van der Waals surface area (Å²) in [6.07, 6.45) is 6.80. The molecule has 0 aliphatic heterocycles. The van der Waals surface area contributed by atoms with Crippen molar-refractivity contribution in [3.05, 3.63) is 10.7 Å². The van der Waals surface area contributed by atoms with Gasteiger partial charge in [0.2, 0.25) is 5.95 Å². The quantitative estimate of drug-likeness (QED) is 0.656. The third kappa shape index (κ3) is 2.27. The molecular formula is C10H16BrN5. The smallest absolute Gasteiger partial charge is 0.239 e. The predicted octanol–water partition coefficient (Wildman–Crippen LogP) is 1.90. The number of nitrogens with zero attached hydrogens (tertiary/aromatic N) is 3. The molecule has 0 spiro atoms. The number of rotatable bonds is 3. The van der Waals surface area contributed by atoms with E-state index in [4.69, 9.17) is 5.84 Å². The van der Waals surface area contributed by atoms with Gasteiger partial charge < -0.3 is 4.90 Å². The molecule has 0 saturated heterocycles. The lowest BCUT2D eigenvalue weighted by molar-refractivity contribution is 0.644. The molecule has 1 aliphatic rings. The molecule has 0 atom stereocenters. The minimum atomic E-state index is 0.447. The highest BCUT2D eigenvalue weighted by molar-refractivity contribution is 9.10. The zero-order chi connectivity index (χ0) is 11.5. The Morgan fingerprint density at radius 2 is 2.19 bits per heavy atom. The average Bonchev–Trinajstić information content (AvgIpc) is 2.82. The number of nitrogens with one attached hydrogen (secondary N) is 1. The van der Waals surface area contributed by atoms with Crippen LogP contribution >= 0.6 is 15.9 Å². The number of aromatic nitrogens is 2. The number of hydrogen-bond donors (Lipinski definition) is 2. The van der Waals surface area contributed by atoms with E-state index in [1.807, 2.05) is 0 Å². The second-order valence-electron chi connectivity index (χ2n) is 4.06. The van der Waals surface area contributed by atoms with Crippen molar-refractivity contribution in [2.75, 3.05) is 17.4 Å². The van der Waals surface area contributed by atoms with E-state index in [9.17, 15) is 0 Å². The van der Waals surface area contributed by atoms with Crippen LogP contribution in [0.3, 0.4) is 0 Å². The molecule has 0 radical (unpaired) electrons. The van der Waals surface area contributed by atoms with Crippen molar-refractivity contribution in [3.63, 3.8) is 0 Å². The summed E-state index contributed by atoms with van der Waals surface area (Å²) in [6.45, 7) is 0. The fourth-order valence-electron chi connectivity index (χ4n) is 2.14. The van der Waals surface area contributed by atoms with Gasteiger partial charge in [0.1, 0.15) is 5.82 Å². The second kappa shape index (κ2) is 4.97. The van der Waals surface area contributed by atoms with Gasteiger partial charge in [-0.15, -0.1) is 0 Å². The Morgan fingerprint density at radius 3 is 2.81 bits per heavy atom. The third-order valence-corrected chi connectivity index (χ3v) is 3.62. The van der Waals surface area contributed by atoms with Gasteiger partial charge in [0.25, 0.3) is 0 Å². The maximum Gasteiger partial charge on any atom is 0.239 e. The van der Waals surface area contributed by atoms with Crippen LogP contribution < -0.4 is 16.2 Å². The Bertz CT molecular complexity index is 364. The van der Waals surface area contributed by atoms with Crippen molar-refractivity contribution in [3.8, 4) is 0 Å². The molecule has 3 N–H and O–H groups in total. The summed E-state index contributed by atoms with van der Waals surface area (Å²) in [5.74, 6) is 6.66. The summed E-state index contributed by atoms with van der Waals surface area (Å²) < 4.78 is 0.904. The number of hydrogen-bond acceptors (Lipinski definition) is 5. The fraction of sp³-hybridized carbons (Fsp3) is 0.600. The second-order valence-corrected chi connectivity index (χ2v) is 4.91. The largest absolute Gasteiger partial charge is 0.356 e. The summed E-state index contributed by atoms with van der Waals surface area (Å²) in [7, 11) is 2.07. The molecule has 2 rings (SSSR count). The van der Waals surface area contributed by atoms with Crippen molar-refractivity contribution in [1.82, 2.24) is 9.97 Å². The Morgan fingerprint density at radius 1 is 1.50 bits per heavy atom. The molecule has 1 aromatic rings. The van der Waals surface area contributed by atoms with Crippen molar-refractivity contribution < 1.29 is 0 Å². The minimum Gasteiger partial charge on any atom is -0.356 e. The molecule has 1 heterocycles. The molecule has 5 nitrogen and oxygen atoms in total. The van der Waals surface area contributed by atoms with E-state index in [2.05, 4.69) is 43.3 Å². The van der Waals surface area contributed by atoms with Crippen LogP contribution in [0.15, 0.2) is 10.7 Å². The first-order valence-corrected chi connectivity index (χ1v) is 6.23. The molecule has 0 aromatic carbocycles. The molecule has 1 fully saturated rings. The SMILES string of the molecule is CN(c1nc(NN)ncc1Br)C1CCCC1. The van der Waals surface area contributed by atoms with E-state index in [0.717, 1.165) is 10.3 Å². The molecule has 0 bridgehead atoms. The van der Waals surface area contributed by atoms with Crippen molar-refractivity contribution in [2.45, 2.75) is 31.7 Å². The van der Waals surface area contributed by atoms with E-state index in [0.29, 0.717) is 12.0 Å². The van der Waals surface area contributed by atoms with Gasteiger partial charge in [0.15, 0.2) is 0 Å². The van der Waals surface area contributed by atoms with Crippen LogP contribution in [0.4, 0.5) is 11.8 Å². The number of halogens is 1. The lowest BCUT2D eigenvalue weighted by atomic mass is 10.2. The number of nitrogens with two attached hydrogens (primary N) is 1. The average molecular weight is 286 g/mol. The van der Waals surface area contributed by atoms with Crippen molar-refractivity contribution >= 4 is 27.7 Å². The number of hydrazine groups is 1. The summed E-state index contributed by atoms with van der Waals surface area (Å²) in [5.41, 5.74) is 2.47. The van der Waals surface area contributed by atoms with E-state index >= 15 is 0 Å². The standard InChI is InChI=1S/C10H16BrN5/c1-16(7-4-2-3-5-7)9-8(11)6-13-10(14-9)15-12/h6-7H,2-5,12H2,1H3,(H,13,14,15). The highest BCUT2D eigenvalue weighted by atomic mass is 79.9. The van der Waals surface area contributed by atoms with E-state index in [-0.39, 0.29) is 0 Å². The van der Waals surface area contributed by atoms with E-state index in [1.54, 1.807) is 6.20 Å². The number of anilines is 2. The zero-order valence-electron chi connectivity index (χ0n) is 9.28. The summed E-state index contributed by atoms with van der Waals surface area (Å²) in [4.78, 5) is 10.6. The van der Waals surface area contributed by atoms with Crippen LogP contribution in [0.2, 0.25) is 0 Å². The van der Waals surface area contributed by atoms with Crippen LogP contribution in [-0.2, 0) is 0 Å². The summed E-state index contributed by atoms with van der Waals surface area (Å²) in [6, 6.07) is 0.580. The molecule has 16 heavy (non-hydrogen) atoms. The molecule has 0 amide bonds. The highest BCUT2D eigenvalue weighted by Crippen LogP contribution is 2.30. The van der Waals surface area contributed by atoms with E-state index in [1.165, 1.54) is 25.7 Å². The van der Waals surface area contributed by atoms with Gasteiger partial charge >= 0.3 is 0 Å². The van der Waals surface area contributed by atoms with Gasteiger partial charge in [-0.1, -0.05) is 12.8 Å². The van der Waals surface area contributed by atoms with Crippen LogP contribution in [0, 0.1) is 0 Å². The minimum absolute atomic E-state index is 0.447. The maximum absolute atomic E-state index is 5.31. The Hall–Kier alpha value is -0.880. The molecule has 88 valence electrons. The Kier molecular flexibility index (Phi) is 3.60. The lowest BCUT2D eigenvalue weighted by Crippen LogP contribution is -2.30. The first-order valence-electron chi connectivity index (χ1n) is 5.44. The van der Waals surface area contributed by atoms with Crippen LogP contribution in [-0.4, -0.2) is 23.1 Å². The first-order chi connectivity index (χ1) is 7.72. The van der Waals surface area contributed by atoms with E-state index < -0.39 is 0 Å².